The Balaban J connectivity index is 2.38. The average molecular weight is 165 g/mol. The molecule has 0 aliphatic carbocycles. The molecule has 0 saturated heterocycles. The lowest BCUT2D eigenvalue weighted by atomic mass is 10.0. The predicted molar refractivity (Wildman–Crippen MR) is 52.9 cm³/mol. The van der Waals surface area contributed by atoms with Gasteiger partial charge in [-0.3, -0.25) is 4.90 Å². The smallest absolute Gasteiger partial charge is 0.0599 e. The molecule has 0 radical (unpaired) electrons. The number of rotatable bonds is 0. The van der Waals surface area contributed by atoms with E-state index in [2.05, 4.69) is 30.7 Å². The van der Waals surface area contributed by atoms with Crippen molar-refractivity contribution in [1.29, 1.82) is 0 Å². The third-order valence-corrected chi connectivity index (χ3v) is 2.41. The summed E-state index contributed by atoms with van der Waals surface area (Å²) in [4.78, 5) is 2.31. The van der Waals surface area contributed by atoms with Crippen LogP contribution in [0.4, 0.5) is 0 Å². The molecular formula is C11H19N. The van der Waals surface area contributed by atoms with E-state index in [0.717, 1.165) is 18.9 Å². The predicted octanol–water partition coefficient (Wildman–Crippen LogP) is 2.13. The minimum Gasteiger partial charge on any atom is -0.295 e. The Labute approximate surface area is 76.1 Å². The highest BCUT2D eigenvalue weighted by molar-refractivity contribution is 5.01. The topological polar surface area (TPSA) is 3.24 Å². The zero-order valence-corrected chi connectivity index (χ0v) is 8.27. The van der Waals surface area contributed by atoms with Crippen LogP contribution < -0.4 is 0 Å². The third kappa shape index (κ3) is 3.78. The van der Waals surface area contributed by atoms with Gasteiger partial charge < -0.3 is 0 Å². The molecule has 0 spiro atoms. The van der Waals surface area contributed by atoms with E-state index in [4.69, 9.17) is 0 Å². The fourth-order valence-corrected chi connectivity index (χ4v) is 1.49. The van der Waals surface area contributed by atoms with Crippen LogP contribution in [0.1, 0.15) is 32.6 Å². The van der Waals surface area contributed by atoms with Crippen LogP contribution in [0.5, 0.6) is 0 Å². The van der Waals surface area contributed by atoms with Crippen molar-refractivity contribution in [3.05, 3.63) is 0 Å². The van der Waals surface area contributed by atoms with Gasteiger partial charge in [0.05, 0.1) is 6.54 Å². The summed E-state index contributed by atoms with van der Waals surface area (Å²) in [7, 11) is 2.15. The van der Waals surface area contributed by atoms with Gasteiger partial charge in [-0.1, -0.05) is 19.3 Å². The molecule has 0 aromatic rings. The van der Waals surface area contributed by atoms with Crippen molar-refractivity contribution in [2.45, 2.75) is 32.6 Å². The average Bonchev–Trinajstić information content (AvgIpc) is 2.06. The highest BCUT2D eigenvalue weighted by atomic mass is 15.1. The van der Waals surface area contributed by atoms with Crippen LogP contribution in [-0.2, 0) is 0 Å². The first-order valence-electron chi connectivity index (χ1n) is 4.93. The number of nitrogens with zero attached hydrogens (tertiary/aromatic N) is 1. The molecular weight excluding hydrogens is 146 g/mol. The summed E-state index contributed by atoms with van der Waals surface area (Å²) in [6.45, 7) is 4.47. The molecule has 0 aromatic carbocycles. The molecule has 1 rings (SSSR count). The Kier molecular flexibility index (Phi) is 4.18. The van der Waals surface area contributed by atoms with Crippen molar-refractivity contribution < 1.29 is 0 Å². The molecule has 68 valence electrons. The van der Waals surface area contributed by atoms with E-state index in [0.29, 0.717) is 0 Å². The Morgan fingerprint density at radius 2 is 2.08 bits per heavy atom. The number of hydrogen-bond donors (Lipinski definition) is 0. The lowest BCUT2D eigenvalue weighted by Crippen LogP contribution is -2.20. The Morgan fingerprint density at radius 3 is 2.92 bits per heavy atom. The first-order chi connectivity index (χ1) is 5.79. The molecule has 0 amide bonds. The van der Waals surface area contributed by atoms with Crippen molar-refractivity contribution in [3.8, 4) is 11.8 Å². The Morgan fingerprint density at radius 1 is 1.25 bits per heavy atom. The molecule has 0 N–H and O–H groups in total. The van der Waals surface area contributed by atoms with Crippen molar-refractivity contribution in [2.75, 3.05) is 20.1 Å². The first kappa shape index (κ1) is 9.61. The van der Waals surface area contributed by atoms with Crippen LogP contribution in [0, 0.1) is 17.8 Å². The van der Waals surface area contributed by atoms with E-state index < -0.39 is 0 Å². The van der Waals surface area contributed by atoms with Crippen molar-refractivity contribution >= 4 is 0 Å². The zero-order valence-electron chi connectivity index (χ0n) is 8.27. The van der Waals surface area contributed by atoms with E-state index in [1.165, 1.54) is 25.8 Å². The quantitative estimate of drug-likeness (QED) is 0.497. The van der Waals surface area contributed by atoms with Gasteiger partial charge in [0.1, 0.15) is 0 Å². The second-order valence-electron chi connectivity index (χ2n) is 3.90. The molecule has 0 bridgehead atoms. The van der Waals surface area contributed by atoms with Crippen molar-refractivity contribution in [1.82, 2.24) is 4.90 Å². The molecule has 1 heterocycles. The van der Waals surface area contributed by atoms with Crippen molar-refractivity contribution in [2.24, 2.45) is 5.92 Å². The molecule has 1 nitrogen and oxygen atoms in total. The highest BCUT2D eigenvalue weighted by Crippen LogP contribution is 2.11. The summed E-state index contributed by atoms with van der Waals surface area (Å²) in [5, 5.41) is 0. The van der Waals surface area contributed by atoms with Gasteiger partial charge in [0, 0.05) is 6.42 Å². The van der Waals surface area contributed by atoms with Crippen LogP contribution in [0.25, 0.3) is 0 Å². The van der Waals surface area contributed by atoms with Crippen LogP contribution in [0.3, 0.4) is 0 Å². The lowest BCUT2D eigenvalue weighted by Gasteiger charge is -2.15. The summed E-state index contributed by atoms with van der Waals surface area (Å²) in [5.41, 5.74) is 0. The molecule has 0 aromatic heterocycles. The summed E-state index contributed by atoms with van der Waals surface area (Å²) < 4.78 is 0. The lowest BCUT2D eigenvalue weighted by molar-refractivity contribution is 0.352. The van der Waals surface area contributed by atoms with Gasteiger partial charge in [-0.2, -0.15) is 0 Å². The van der Waals surface area contributed by atoms with Gasteiger partial charge in [0.25, 0.3) is 0 Å². The molecule has 1 heteroatoms. The van der Waals surface area contributed by atoms with Gasteiger partial charge >= 0.3 is 0 Å². The highest BCUT2D eigenvalue weighted by Gasteiger charge is 2.02. The Hall–Kier alpha value is -0.480. The molecule has 1 aliphatic heterocycles. The fraction of sp³-hybridized carbons (Fsp3) is 0.818. The van der Waals surface area contributed by atoms with Gasteiger partial charge in [-0.25, -0.2) is 0 Å². The standard InChI is InChI=1S/C11H19N/c1-11-7-3-5-9-12(2)10-6-4-8-11/h11H,3,5,7-10H2,1-2H3. The third-order valence-electron chi connectivity index (χ3n) is 2.41. The second kappa shape index (κ2) is 5.22. The summed E-state index contributed by atoms with van der Waals surface area (Å²) >= 11 is 0. The van der Waals surface area contributed by atoms with Crippen LogP contribution in [0.2, 0.25) is 0 Å². The van der Waals surface area contributed by atoms with E-state index in [1.807, 2.05) is 0 Å². The minimum absolute atomic E-state index is 0.806. The molecule has 0 saturated carbocycles. The molecule has 1 unspecified atom stereocenters. The molecule has 0 fully saturated rings. The number of hydrogen-bond acceptors (Lipinski definition) is 1. The van der Waals surface area contributed by atoms with E-state index in [-0.39, 0.29) is 0 Å². The van der Waals surface area contributed by atoms with Gasteiger partial charge in [-0.15, -0.1) is 5.92 Å². The largest absolute Gasteiger partial charge is 0.295 e. The van der Waals surface area contributed by atoms with E-state index >= 15 is 0 Å². The van der Waals surface area contributed by atoms with Crippen LogP contribution in [-0.4, -0.2) is 25.0 Å². The summed E-state index contributed by atoms with van der Waals surface area (Å²) in [6, 6.07) is 0. The Bertz CT molecular complexity index is 157. The van der Waals surface area contributed by atoms with Crippen molar-refractivity contribution in [3.63, 3.8) is 0 Å². The van der Waals surface area contributed by atoms with Crippen LogP contribution >= 0.6 is 0 Å². The summed E-state index contributed by atoms with van der Waals surface area (Å²) in [5.74, 6) is 7.26. The van der Waals surface area contributed by atoms with Gasteiger partial charge in [-0.05, 0) is 32.4 Å². The maximum Gasteiger partial charge on any atom is 0.0599 e. The molecule has 1 aliphatic rings. The first-order valence-corrected chi connectivity index (χ1v) is 4.93. The summed E-state index contributed by atoms with van der Waals surface area (Å²) in [6.07, 6.45) is 5.14. The van der Waals surface area contributed by atoms with Gasteiger partial charge in [0.2, 0.25) is 0 Å². The zero-order chi connectivity index (χ0) is 8.81. The molecule has 12 heavy (non-hydrogen) atoms. The second-order valence-corrected chi connectivity index (χ2v) is 3.90. The maximum absolute atomic E-state index is 3.24. The normalized spacial score (nSPS) is 27.3. The van der Waals surface area contributed by atoms with Gasteiger partial charge in [0.15, 0.2) is 0 Å². The van der Waals surface area contributed by atoms with E-state index in [9.17, 15) is 0 Å². The monoisotopic (exact) mass is 165 g/mol. The minimum atomic E-state index is 0.806. The molecule has 1 atom stereocenters. The van der Waals surface area contributed by atoms with Crippen LogP contribution in [0.15, 0.2) is 0 Å². The van der Waals surface area contributed by atoms with E-state index in [1.54, 1.807) is 0 Å². The maximum atomic E-state index is 3.24. The fourth-order valence-electron chi connectivity index (χ4n) is 1.49. The SMILES string of the molecule is CC1CC#CCN(C)CCCC1.